The van der Waals surface area contributed by atoms with E-state index in [1.807, 2.05) is 4.90 Å². The maximum atomic E-state index is 12.8. The van der Waals surface area contributed by atoms with Gasteiger partial charge in [0.1, 0.15) is 0 Å². The lowest BCUT2D eigenvalue weighted by atomic mass is 9.77. The molecular weight excluding hydrogens is 292 g/mol. The third-order valence-corrected chi connectivity index (χ3v) is 4.87. The molecule has 2 aliphatic rings. The summed E-state index contributed by atoms with van der Waals surface area (Å²) in [6.07, 6.45) is 3.89. The lowest BCUT2D eigenvalue weighted by Gasteiger charge is -2.43. The van der Waals surface area contributed by atoms with Gasteiger partial charge in [-0.25, -0.2) is 0 Å². The highest BCUT2D eigenvalue weighted by Gasteiger charge is 2.39. The van der Waals surface area contributed by atoms with Crippen molar-refractivity contribution in [3.63, 3.8) is 0 Å². The van der Waals surface area contributed by atoms with Crippen LogP contribution in [0.1, 0.15) is 26.7 Å². The maximum Gasteiger partial charge on any atom is 0.240 e. The van der Waals surface area contributed by atoms with Crippen molar-refractivity contribution in [2.24, 2.45) is 5.41 Å². The van der Waals surface area contributed by atoms with Crippen LogP contribution >= 0.6 is 0 Å². The number of rotatable bonds is 5. The summed E-state index contributed by atoms with van der Waals surface area (Å²) < 4.78 is 0. The van der Waals surface area contributed by atoms with Crippen molar-refractivity contribution in [1.29, 1.82) is 0 Å². The predicted octanol–water partition coefficient (Wildman–Crippen LogP) is 0.211. The monoisotopic (exact) mass is 322 g/mol. The fourth-order valence-electron chi connectivity index (χ4n) is 3.39. The van der Waals surface area contributed by atoms with Crippen molar-refractivity contribution in [2.45, 2.75) is 32.7 Å². The molecule has 0 spiro atoms. The molecular formula is C17H30N4O2. The Morgan fingerprint density at radius 3 is 2.61 bits per heavy atom. The van der Waals surface area contributed by atoms with Gasteiger partial charge < -0.3 is 15.5 Å². The zero-order valence-corrected chi connectivity index (χ0v) is 14.4. The molecule has 2 N–H and O–H groups in total. The third kappa shape index (κ3) is 4.78. The van der Waals surface area contributed by atoms with Crippen LogP contribution in [0.25, 0.3) is 0 Å². The average Bonchev–Trinajstić information content (AvgIpc) is 2.52. The zero-order valence-electron chi connectivity index (χ0n) is 14.4. The molecule has 23 heavy (non-hydrogen) atoms. The Balaban J connectivity index is 1.80. The summed E-state index contributed by atoms with van der Waals surface area (Å²) in [7, 11) is 0. The van der Waals surface area contributed by atoms with Crippen molar-refractivity contribution >= 4 is 11.8 Å². The molecule has 1 atom stereocenters. The summed E-state index contributed by atoms with van der Waals surface area (Å²) >= 11 is 0. The number of hydrogen-bond donors (Lipinski definition) is 2. The largest absolute Gasteiger partial charge is 0.352 e. The standard InChI is InChI=1S/C17H30N4O2/c1-4-7-18-14(22)13-20-9-11-21(12-10-20)16(23)15-17(2,3)6-5-8-19-15/h4,15,19H,1,5-13H2,2-3H3,(H,18,22). The van der Waals surface area contributed by atoms with Crippen molar-refractivity contribution in [1.82, 2.24) is 20.4 Å². The SMILES string of the molecule is C=CCNC(=O)CN1CCN(C(=O)C2NCCCC2(C)C)CC1. The molecule has 2 amide bonds. The van der Waals surface area contributed by atoms with E-state index >= 15 is 0 Å². The zero-order chi connectivity index (χ0) is 16.9. The molecule has 6 nitrogen and oxygen atoms in total. The molecule has 2 fully saturated rings. The van der Waals surface area contributed by atoms with Crippen molar-refractivity contribution in [2.75, 3.05) is 45.8 Å². The van der Waals surface area contributed by atoms with Crippen LogP contribution in [-0.4, -0.2) is 73.5 Å². The smallest absolute Gasteiger partial charge is 0.240 e. The van der Waals surface area contributed by atoms with Crippen LogP contribution < -0.4 is 10.6 Å². The van der Waals surface area contributed by atoms with Crippen LogP contribution in [0.3, 0.4) is 0 Å². The Bertz CT molecular complexity index is 442. The van der Waals surface area contributed by atoms with E-state index in [1.165, 1.54) is 0 Å². The molecule has 1 unspecified atom stereocenters. The van der Waals surface area contributed by atoms with E-state index in [4.69, 9.17) is 0 Å². The van der Waals surface area contributed by atoms with Crippen molar-refractivity contribution < 1.29 is 9.59 Å². The number of amides is 2. The van der Waals surface area contributed by atoms with Crippen LogP contribution in [0.4, 0.5) is 0 Å². The van der Waals surface area contributed by atoms with Gasteiger partial charge in [-0.2, -0.15) is 0 Å². The first-order valence-corrected chi connectivity index (χ1v) is 8.56. The summed E-state index contributed by atoms with van der Waals surface area (Å²) in [5.41, 5.74) is 0.0110. The van der Waals surface area contributed by atoms with E-state index in [2.05, 4.69) is 36.0 Å². The lowest BCUT2D eigenvalue weighted by Crippen LogP contribution is -2.60. The van der Waals surface area contributed by atoms with Crippen LogP contribution in [-0.2, 0) is 9.59 Å². The van der Waals surface area contributed by atoms with E-state index in [0.717, 1.165) is 32.5 Å². The summed E-state index contributed by atoms with van der Waals surface area (Å²) in [6.45, 7) is 12.6. The number of piperidine rings is 1. The second-order valence-corrected chi connectivity index (χ2v) is 7.17. The number of nitrogens with one attached hydrogen (secondary N) is 2. The first-order valence-electron chi connectivity index (χ1n) is 8.56. The molecule has 6 heteroatoms. The molecule has 2 saturated heterocycles. The van der Waals surface area contributed by atoms with Gasteiger partial charge in [-0.1, -0.05) is 19.9 Å². The summed E-state index contributed by atoms with van der Waals surface area (Å²) in [6, 6.07) is -0.0845. The highest BCUT2D eigenvalue weighted by molar-refractivity contribution is 5.83. The van der Waals surface area contributed by atoms with Crippen molar-refractivity contribution in [3.05, 3.63) is 12.7 Å². The normalized spacial score (nSPS) is 25.0. The number of nitrogens with zero attached hydrogens (tertiary/aromatic N) is 2. The second kappa shape index (κ2) is 7.93. The van der Waals surface area contributed by atoms with Gasteiger partial charge in [0.25, 0.3) is 0 Å². The van der Waals surface area contributed by atoms with E-state index in [0.29, 0.717) is 26.2 Å². The predicted molar refractivity (Wildman–Crippen MR) is 91.0 cm³/mol. The molecule has 2 aliphatic heterocycles. The van der Waals surface area contributed by atoms with Gasteiger partial charge in [-0.05, 0) is 24.8 Å². The minimum Gasteiger partial charge on any atom is -0.352 e. The van der Waals surface area contributed by atoms with Gasteiger partial charge in [-0.15, -0.1) is 6.58 Å². The van der Waals surface area contributed by atoms with Crippen LogP contribution in [0.5, 0.6) is 0 Å². The average molecular weight is 322 g/mol. The van der Waals surface area contributed by atoms with E-state index in [1.54, 1.807) is 6.08 Å². The van der Waals surface area contributed by atoms with Gasteiger partial charge >= 0.3 is 0 Å². The highest BCUT2D eigenvalue weighted by Crippen LogP contribution is 2.31. The number of carbonyl (C=O) groups is 2. The fraction of sp³-hybridized carbons (Fsp3) is 0.765. The molecule has 0 aromatic carbocycles. The Morgan fingerprint density at radius 2 is 2.00 bits per heavy atom. The van der Waals surface area contributed by atoms with E-state index < -0.39 is 0 Å². The van der Waals surface area contributed by atoms with Crippen molar-refractivity contribution in [3.8, 4) is 0 Å². The van der Waals surface area contributed by atoms with Gasteiger partial charge in [0, 0.05) is 32.7 Å². The molecule has 0 saturated carbocycles. The number of piperazine rings is 1. The molecule has 2 heterocycles. The summed E-state index contributed by atoms with van der Waals surface area (Å²) in [5.74, 6) is 0.227. The van der Waals surface area contributed by atoms with Crippen LogP contribution in [0.2, 0.25) is 0 Å². The Labute approximate surface area is 139 Å². The molecule has 0 aromatic heterocycles. The summed E-state index contributed by atoms with van der Waals surface area (Å²) in [5, 5.41) is 6.18. The molecule has 130 valence electrons. The van der Waals surface area contributed by atoms with Crippen LogP contribution in [0, 0.1) is 5.41 Å². The number of carbonyl (C=O) groups excluding carboxylic acids is 2. The minimum absolute atomic E-state index is 0.0110. The van der Waals surface area contributed by atoms with Gasteiger partial charge in [0.2, 0.25) is 11.8 Å². The third-order valence-electron chi connectivity index (χ3n) is 4.87. The second-order valence-electron chi connectivity index (χ2n) is 7.17. The van der Waals surface area contributed by atoms with Gasteiger partial charge in [-0.3, -0.25) is 14.5 Å². The quantitative estimate of drug-likeness (QED) is 0.710. The Hall–Kier alpha value is -1.40. The van der Waals surface area contributed by atoms with E-state index in [9.17, 15) is 9.59 Å². The Morgan fingerprint density at radius 1 is 1.30 bits per heavy atom. The molecule has 2 rings (SSSR count). The summed E-state index contributed by atoms with van der Waals surface area (Å²) in [4.78, 5) is 28.6. The Kier molecular flexibility index (Phi) is 6.18. The minimum atomic E-state index is -0.0845. The molecule has 0 bridgehead atoms. The van der Waals surface area contributed by atoms with E-state index in [-0.39, 0.29) is 23.3 Å². The molecule has 0 aromatic rings. The van der Waals surface area contributed by atoms with Crippen LogP contribution in [0.15, 0.2) is 12.7 Å². The maximum absolute atomic E-state index is 12.8. The molecule has 0 aliphatic carbocycles. The first-order chi connectivity index (χ1) is 10.9. The highest BCUT2D eigenvalue weighted by atomic mass is 16.2. The van der Waals surface area contributed by atoms with Gasteiger partial charge in [0.05, 0.1) is 12.6 Å². The topological polar surface area (TPSA) is 64.7 Å². The molecule has 0 radical (unpaired) electrons. The lowest BCUT2D eigenvalue weighted by molar-refractivity contribution is -0.139. The first kappa shape index (κ1) is 17.9. The number of hydrogen-bond acceptors (Lipinski definition) is 4. The fourth-order valence-corrected chi connectivity index (χ4v) is 3.39. The van der Waals surface area contributed by atoms with Gasteiger partial charge in [0.15, 0.2) is 0 Å².